The van der Waals surface area contributed by atoms with Gasteiger partial charge in [0, 0.05) is 18.7 Å². The summed E-state index contributed by atoms with van der Waals surface area (Å²) in [6.07, 6.45) is 5.53. The monoisotopic (exact) mass is 249 g/mol. The van der Waals surface area contributed by atoms with Gasteiger partial charge in [0.15, 0.2) is 0 Å². The Labute approximate surface area is 109 Å². The summed E-state index contributed by atoms with van der Waals surface area (Å²) in [5.41, 5.74) is 0. The molecule has 18 heavy (non-hydrogen) atoms. The second kappa shape index (κ2) is 6.64. The molecule has 2 rings (SSSR count). The predicted octanol–water partition coefficient (Wildman–Crippen LogP) is 2.99. The highest BCUT2D eigenvalue weighted by Crippen LogP contribution is 2.20. The van der Waals surface area contributed by atoms with Gasteiger partial charge in [0.2, 0.25) is 0 Å². The van der Waals surface area contributed by atoms with Gasteiger partial charge in [-0.2, -0.15) is 0 Å². The molecule has 1 aliphatic rings. The van der Waals surface area contributed by atoms with Crippen LogP contribution in [-0.4, -0.2) is 25.8 Å². The molecule has 1 unspecified atom stereocenters. The van der Waals surface area contributed by atoms with Crippen LogP contribution < -0.4 is 14.8 Å². The number of methoxy groups -OCH3 is 1. The van der Waals surface area contributed by atoms with Crippen LogP contribution in [0.5, 0.6) is 11.5 Å². The number of rotatable bonds is 6. The first-order chi connectivity index (χ1) is 8.78. The summed E-state index contributed by atoms with van der Waals surface area (Å²) in [5.74, 6) is 1.71. The number of hydrogen-bond donors (Lipinski definition) is 1. The molecule has 0 spiro atoms. The van der Waals surface area contributed by atoms with Crippen molar-refractivity contribution in [3.8, 4) is 11.5 Å². The topological polar surface area (TPSA) is 30.5 Å². The van der Waals surface area contributed by atoms with Crippen LogP contribution in [0.2, 0.25) is 0 Å². The van der Waals surface area contributed by atoms with Crippen molar-refractivity contribution in [1.29, 1.82) is 0 Å². The lowest BCUT2D eigenvalue weighted by atomic mass is 10.2. The lowest BCUT2D eigenvalue weighted by Gasteiger charge is -2.18. The average molecular weight is 249 g/mol. The summed E-state index contributed by atoms with van der Waals surface area (Å²) < 4.78 is 11.1. The van der Waals surface area contributed by atoms with E-state index < -0.39 is 0 Å². The van der Waals surface area contributed by atoms with Gasteiger partial charge in [-0.3, -0.25) is 0 Å². The van der Waals surface area contributed by atoms with Crippen molar-refractivity contribution in [2.45, 2.75) is 44.8 Å². The molecule has 0 heterocycles. The molecule has 3 heteroatoms. The molecule has 1 aromatic carbocycles. The van der Waals surface area contributed by atoms with Gasteiger partial charge in [0.1, 0.15) is 17.6 Å². The molecule has 0 bridgehead atoms. The third-order valence-electron chi connectivity index (χ3n) is 3.43. The summed E-state index contributed by atoms with van der Waals surface area (Å²) in [6, 6.07) is 8.46. The summed E-state index contributed by atoms with van der Waals surface area (Å²) >= 11 is 0. The highest BCUT2D eigenvalue weighted by molar-refractivity contribution is 5.32. The van der Waals surface area contributed by atoms with Crippen LogP contribution in [0.15, 0.2) is 24.3 Å². The van der Waals surface area contributed by atoms with E-state index in [9.17, 15) is 0 Å². The van der Waals surface area contributed by atoms with Gasteiger partial charge < -0.3 is 14.8 Å². The van der Waals surface area contributed by atoms with E-state index >= 15 is 0 Å². The van der Waals surface area contributed by atoms with Crippen LogP contribution in [0.3, 0.4) is 0 Å². The smallest absolute Gasteiger partial charge is 0.123 e. The molecule has 1 saturated carbocycles. The van der Waals surface area contributed by atoms with Gasteiger partial charge >= 0.3 is 0 Å². The molecule has 100 valence electrons. The van der Waals surface area contributed by atoms with Crippen LogP contribution in [0.25, 0.3) is 0 Å². The van der Waals surface area contributed by atoms with Crippen LogP contribution in [0.1, 0.15) is 32.6 Å². The van der Waals surface area contributed by atoms with Crippen LogP contribution in [0, 0.1) is 0 Å². The van der Waals surface area contributed by atoms with Gasteiger partial charge in [-0.1, -0.05) is 18.9 Å². The Hall–Kier alpha value is -1.22. The van der Waals surface area contributed by atoms with E-state index in [1.807, 2.05) is 24.3 Å². The molecular formula is C15H23NO2. The highest BCUT2D eigenvalue weighted by Gasteiger charge is 2.15. The zero-order valence-electron chi connectivity index (χ0n) is 11.3. The first-order valence-corrected chi connectivity index (χ1v) is 6.82. The normalized spacial score (nSPS) is 17.7. The molecule has 0 radical (unpaired) electrons. The van der Waals surface area contributed by atoms with Crippen molar-refractivity contribution < 1.29 is 9.47 Å². The van der Waals surface area contributed by atoms with Crippen molar-refractivity contribution >= 4 is 0 Å². The van der Waals surface area contributed by atoms with E-state index in [2.05, 4.69) is 12.2 Å². The number of hydrogen-bond acceptors (Lipinski definition) is 3. The van der Waals surface area contributed by atoms with Gasteiger partial charge in [-0.05, 0) is 31.9 Å². The Morgan fingerprint density at radius 2 is 2.00 bits per heavy atom. The van der Waals surface area contributed by atoms with Gasteiger partial charge in [-0.25, -0.2) is 0 Å². The van der Waals surface area contributed by atoms with Crippen LogP contribution >= 0.6 is 0 Å². The molecule has 1 atom stereocenters. The summed E-state index contributed by atoms with van der Waals surface area (Å²) in [7, 11) is 1.67. The van der Waals surface area contributed by atoms with Crippen molar-refractivity contribution in [3.05, 3.63) is 24.3 Å². The first kappa shape index (κ1) is 13.2. The van der Waals surface area contributed by atoms with E-state index in [-0.39, 0.29) is 6.10 Å². The third kappa shape index (κ3) is 3.91. The van der Waals surface area contributed by atoms with Crippen molar-refractivity contribution in [1.82, 2.24) is 5.32 Å². The lowest BCUT2D eigenvalue weighted by molar-refractivity contribution is 0.210. The summed E-state index contributed by atoms with van der Waals surface area (Å²) in [4.78, 5) is 0. The quantitative estimate of drug-likeness (QED) is 0.840. The lowest BCUT2D eigenvalue weighted by Crippen LogP contribution is -2.35. The van der Waals surface area contributed by atoms with E-state index in [1.54, 1.807) is 7.11 Å². The molecule has 1 aromatic rings. The molecule has 0 amide bonds. The Bertz CT molecular complexity index is 361. The fourth-order valence-corrected chi connectivity index (χ4v) is 2.41. The summed E-state index contributed by atoms with van der Waals surface area (Å²) in [5, 5.41) is 3.57. The molecular weight excluding hydrogens is 226 g/mol. The van der Waals surface area contributed by atoms with Gasteiger partial charge in [0.05, 0.1) is 7.11 Å². The molecule has 0 aromatic heterocycles. The Morgan fingerprint density at radius 3 is 2.72 bits per heavy atom. The molecule has 1 fully saturated rings. The fraction of sp³-hybridized carbons (Fsp3) is 0.600. The maximum Gasteiger partial charge on any atom is 0.123 e. The van der Waals surface area contributed by atoms with Crippen molar-refractivity contribution in [2.24, 2.45) is 0 Å². The van der Waals surface area contributed by atoms with Gasteiger partial charge in [-0.15, -0.1) is 0 Å². The Morgan fingerprint density at radius 1 is 1.28 bits per heavy atom. The summed E-state index contributed by atoms with van der Waals surface area (Å²) in [6.45, 7) is 3.00. The first-order valence-electron chi connectivity index (χ1n) is 6.82. The van der Waals surface area contributed by atoms with Crippen molar-refractivity contribution in [3.63, 3.8) is 0 Å². The molecule has 3 nitrogen and oxygen atoms in total. The van der Waals surface area contributed by atoms with Gasteiger partial charge in [0.25, 0.3) is 0 Å². The minimum Gasteiger partial charge on any atom is -0.497 e. The van der Waals surface area contributed by atoms with Crippen LogP contribution in [0.4, 0.5) is 0 Å². The largest absolute Gasteiger partial charge is 0.497 e. The van der Waals surface area contributed by atoms with E-state index in [1.165, 1.54) is 25.7 Å². The number of ether oxygens (including phenoxy) is 2. The molecule has 0 saturated heterocycles. The second-order valence-electron chi connectivity index (χ2n) is 5.00. The van der Waals surface area contributed by atoms with Crippen LogP contribution in [-0.2, 0) is 0 Å². The molecule has 0 aliphatic heterocycles. The minimum atomic E-state index is 0.178. The highest BCUT2D eigenvalue weighted by atomic mass is 16.5. The predicted molar refractivity (Wildman–Crippen MR) is 73.3 cm³/mol. The van der Waals surface area contributed by atoms with E-state index in [0.717, 1.165) is 18.0 Å². The third-order valence-corrected chi connectivity index (χ3v) is 3.43. The Kier molecular flexibility index (Phi) is 4.88. The SMILES string of the molecule is COc1cccc(OC(C)CNC2CCCC2)c1. The zero-order chi connectivity index (χ0) is 12.8. The average Bonchev–Trinajstić information content (AvgIpc) is 2.90. The standard InChI is InChI=1S/C15H23NO2/c1-12(11-16-13-6-3-4-7-13)18-15-9-5-8-14(10-15)17-2/h5,8-10,12-13,16H,3-4,6-7,11H2,1-2H3. The zero-order valence-corrected chi connectivity index (χ0v) is 11.3. The Balaban J connectivity index is 1.76. The minimum absolute atomic E-state index is 0.178. The van der Waals surface area contributed by atoms with Crippen molar-refractivity contribution in [2.75, 3.05) is 13.7 Å². The maximum atomic E-state index is 5.87. The van der Waals surface area contributed by atoms with E-state index in [4.69, 9.17) is 9.47 Å². The molecule has 1 N–H and O–H groups in total. The maximum absolute atomic E-state index is 5.87. The van der Waals surface area contributed by atoms with E-state index in [0.29, 0.717) is 6.04 Å². The number of benzene rings is 1. The number of nitrogens with one attached hydrogen (secondary N) is 1. The fourth-order valence-electron chi connectivity index (χ4n) is 2.41. The molecule has 1 aliphatic carbocycles. The second-order valence-corrected chi connectivity index (χ2v) is 5.00.